The lowest BCUT2D eigenvalue weighted by molar-refractivity contribution is -0.0275. The van der Waals surface area contributed by atoms with Crippen LogP contribution >= 0.6 is 0 Å². The van der Waals surface area contributed by atoms with Crippen LogP contribution in [0.1, 0.15) is 22.6 Å². The molecule has 0 heterocycles. The Hall–Kier alpha value is -4.24. The number of carbonyl (C=O) groups is 2. The summed E-state index contributed by atoms with van der Waals surface area (Å²) < 4.78 is 71.5. The van der Waals surface area contributed by atoms with Gasteiger partial charge in [0.25, 0.3) is 0 Å². The summed E-state index contributed by atoms with van der Waals surface area (Å²) in [6.45, 7) is 11.3. The van der Waals surface area contributed by atoms with Gasteiger partial charge in [-0.25, -0.2) is 9.59 Å². The van der Waals surface area contributed by atoms with E-state index < -0.39 is 6.09 Å². The molecule has 1 aliphatic carbocycles. The summed E-state index contributed by atoms with van der Waals surface area (Å²) in [6.07, 6.45) is -0.843. The van der Waals surface area contributed by atoms with E-state index in [0.29, 0.717) is 165 Å². The van der Waals surface area contributed by atoms with Gasteiger partial charge in [0, 0.05) is 26.1 Å². The van der Waals surface area contributed by atoms with Crippen molar-refractivity contribution in [3.05, 3.63) is 95.6 Å². The summed E-state index contributed by atoms with van der Waals surface area (Å²) in [5.74, 6) is 0.0324. The molecule has 3 aromatic rings. The average molecular weight is 915 g/mol. The van der Waals surface area contributed by atoms with Gasteiger partial charge in [-0.05, 0) is 27.8 Å². The molecule has 0 unspecified atom stereocenters. The zero-order chi connectivity index (χ0) is 45.7. The van der Waals surface area contributed by atoms with E-state index in [1.54, 1.807) is 7.05 Å². The third kappa shape index (κ3) is 24.2. The van der Waals surface area contributed by atoms with Crippen LogP contribution in [0.2, 0.25) is 0 Å². The highest BCUT2D eigenvalue weighted by Crippen LogP contribution is 2.44. The van der Waals surface area contributed by atoms with Gasteiger partial charge in [-0.3, -0.25) is 0 Å². The molecule has 0 saturated heterocycles. The quantitative estimate of drug-likeness (QED) is 0.0759. The number of amides is 2. The Kier molecular flexibility index (Phi) is 29.5. The van der Waals surface area contributed by atoms with Crippen LogP contribution in [0.15, 0.2) is 78.9 Å². The topological polar surface area (TPSA) is 169 Å². The number of hydrogen-bond donors (Lipinski definition) is 1. The molecule has 0 saturated carbocycles. The van der Waals surface area contributed by atoms with Gasteiger partial charge in [-0.15, -0.1) is 0 Å². The largest absolute Gasteiger partial charge is 0.448 e. The van der Waals surface area contributed by atoms with E-state index in [1.165, 1.54) is 27.2 Å². The molecule has 65 heavy (non-hydrogen) atoms. The molecule has 3 aromatic carbocycles. The second-order valence-electron chi connectivity index (χ2n) is 14.5. The Balaban J connectivity index is 0.769. The number of likely N-dealkylation sites (N-methyl/N-ethyl adjacent to an activating group) is 1. The molecule has 1 N–H and O–H groups in total. The lowest BCUT2D eigenvalue weighted by Crippen LogP contribution is -2.32. The Morgan fingerprint density at radius 2 is 0.800 bits per heavy atom. The lowest BCUT2D eigenvalue weighted by Gasteiger charge is -2.19. The molecule has 0 bridgehead atoms. The number of nitrogens with one attached hydrogen (secondary N) is 1. The molecule has 0 atom stereocenters. The second-order valence-corrected chi connectivity index (χ2v) is 14.5. The zero-order valence-corrected chi connectivity index (χ0v) is 38.0. The lowest BCUT2D eigenvalue weighted by atomic mass is 9.98. The summed E-state index contributed by atoms with van der Waals surface area (Å²) in [5, 5.41) is 2.64. The van der Waals surface area contributed by atoms with Gasteiger partial charge in [0.1, 0.15) is 13.2 Å². The van der Waals surface area contributed by atoms with Gasteiger partial charge in [-0.2, -0.15) is 0 Å². The molecule has 0 fully saturated rings. The molecule has 362 valence electrons. The first-order valence-electron chi connectivity index (χ1n) is 22.5. The first kappa shape index (κ1) is 53.4. The van der Waals surface area contributed by atoms with Crippen molar-refractivity contribution in [3.63, 3.8) is 0 Å². The molecule has 2 amide bonds. The van der Waals surface area contributed by atoms with Gasteiger partial charge in [0.2, 0.25) is 0 Å². The Morgan fingerprint density at radius 3 is 1.22 bits per heavy atom. The molecule has 0 aliphatic heterocycles. The second kappa shape index (κ2) is 35.9. The van der Waals surface area contributed by atoms with Crippen molar-refractivity contribution < 1.29 is 71.2 Å². The van der Waals surface area contributed by atoms with E-state index in [4.69, 9.17) is 61.6 Å². The normalized spacial score (nSPS) is 12.0. The van der Waals surface area contributed by atoms with Crippen molar-refractivity contribution in [2.75, 3.05) is 172 Å². The number of carbonyl (C=O) groups excluding carboxylic acids is 2. The third-order valence-electron chi connectivity index (χ3n) is 9.67. The molecule has 0 spiro atoms. The van der Waals surface area contributed by atoms with Gasteiger partial charge >= 0.3 is 12.2 Å². The minimum Gasteiger partial charge on any atom is -0.448 e. The smallest absolute Gasteiger partial charge is 0.409 e. The van der Waals surface area contributed by atoms with Gasteiger partial charge in [0.05, 0.1) is 145 Å². The highest BCUT2D eigenvalue weighted by atomic mass is 16.6. The fourth-order valence-corrected chi connectivity index (χ4v) is 6.30. The van der Waals surface area contributed by atoms with Crippen LogP contribution in [0.25, 0.3) is 11.1 Å². The van der Waals surface area contributed by atoms with E-state index >= 15 is 0 Å². The number of rotatable bonds is 40. The SMILES string of the molecule is CN(CCOCCOCCOCCOCCOCCOCCOCCOCCOCCOCCOCCNC(=O)OCc1ccccc1)C(=O)OCC1c2ccccc2-c2ccccc21. The fourth-order valence-electron chi connectivity index (χ4n) is 6.30. The Morgan fingerprint density at radius 1 is 0.446 bits per heavy atom. The number of nitrogens with zero attached hydrogens (tertiary/aromatic N) is 1. The average Bonchev–Trinajstić information content (AvgIpc) is 3.65. The van der Waals surface area contributed by atoms with Crippen molar-refractivity contribution in [2.24, 2.45) is 0 Å². The maximum atomic E-state index is 12.6. The standard InChI is InChI=1S/C48H70N2O15/c1-50(48(52)65-40-46-44-13-7-5-11-42(44)43-12-6-8-14-45(43)46)16-18-54-20-22-56-24-26-58-28-30-60-32-34-62-36-38-63-37-35-61-33-31-59-29-27-57-25-23-55-21-19-53-17-15-49-47(51)64-39-41-9-3-2-4-10-41/h2-14,46H,15-40H2,1H3,(H,49,51). The summed E-state index contributed by atoms with van der Waals surface area (Å²) in [5.41, 5.74) is 5.71. The minimum absolute atomic E-state index is 0.0324. The maximum absolute atomic E-state index is 12.6. The van der Waals surface area contributed by atoms with Crippen LogP contribution in [-0.2, 0) is 68.2 Å². The van der Waals surface area contributed by atoms with Gasteiger partial charge < -0.3 is 71.8 Å². The van der Waals surface area contributed by atoms with Crippen LogP contribution in [0.4, 0.5) is 9.59 Å². The third-order valence-corrected chi connectivity index (χ3v) is 9.67. The van der Waals surface area contributed by atoms with Crippen LogP contribution in [-0.4, -0.2) is 189 Å². The monoisotopic (exact) mass is 914 g/mol. The molecular formula is C48H70N2O15. The number of benzene rings is 3. The van der Waals surface area contributed by atoms with Crippen molar-refractivity contribution >= 4 is 12.2 Å². The van der Waals surface area contributed by atoms with E-state index in [9.17, 15) is 9.59 Å². The molecule has 0 radical (unpaired) electrons. The summed E-state index contributed by atoms with van der Waals surface area (Å²) in [7, 11) is 1.71. The van der Waals surface area contributed by atoms with Gasteiger partial charge in [-0.1, -0.05) is 78.9 Å². The minimum atomic E-state index is -0.474. The van der Waals surface area contributed by atoms with E-state index in [2.05, 4.69) is 29.6 Å². The van der Waals surface area contributed by atoms with Crippen molar-refractivity contribution in [3.8, 4) is 11.1 Å². The van der Waals surface area contributed by atoms with E-state index in [0.717, 1.165) is 5.56 Å². The number of hydrogen-bond acceptors (Lipinski definition) is 15. The molecule has 1 aliphatic rings. The van der Waals surface area contributed by atoms with Crippen LogP contribution < -0.4 is 5.32 Å². The van der Waals surface area contributed by atoms with E-state index in [1.807, 2.05) is 54.6 Å². The molecular weight excluding hydrogens is 845 g/mol. The van der Waals surface area contributed by atoms with Crippen molar-refractivity contribution in [1.82, 2.24) is 10.2 Å². The van der Waals surface area contributed by atoms with Crippen LogP contribution in [0, 0.1) is 0 Å². The zero-order valence-electron chi connectivity index (χ0n) is 38.0. The predicted molar refractivity (Wildman–Crippen MR) is 241 cm³/mol. The highest BCUT2D eigenvalue weighted by molar-refractivity contribution is 5.79. The molecule has 17 heteroatoms. The summed E-state index contributed by atoms with van der Waals surface area (Å²) in [6, 6.07) is 26.1. The predicted octanol–water partition coefficient (Wildman–Crippen LogP) is 4.98. The first-order chi connectivity index (χ1) is 32.1. The number of alkyl carbamates (subject to hydrolysis) is 1. The Bertz CT molecular complexity index is 1610. The summed E-state index contributed by atoms with van der Waals surface area (Å²) >= 11 is 0. The number of fused-ring (bicyclic) bond motifs is 3. The first-order valence-corrected chi connectivity index (χ1v) is 22.5. The number of ether oxygens (including phenoxy) is 13. The molecule has 4 rings (SSSR count). The van der Waals surface area contributed by atoms with Crippen LogP contribution in [0.5, 0.6) is 0 Å². The molecule has 0 aromatic heterocycles. The highest BCUT2D eigenvalue weighted by Gasteiger charge is 2.29. The Labute approximate surface area is 384 Å². The van der Waals surface area contributed by atoms with Crippen LogP contribution in [0.3, 0.4) is 0 Å². The summed E-state index contributed by atoms with van der Waals surface area (Å²) in [4.78, 5) is 25.8. The fraction of sp³-hybridized carbons (Fsp3) is 0.583. The van der Waals surface area contributed by atoms with Crippen molar-refractivity contribution in [1.29, 1.82) is 0 Å². The molecule has 17 nitrogen and oxygen atoms in total. The van der Waals surface area contributed by atoms with E-state index in [-0.39, 0.29) is 18.6 Å². The van der Waals surface area contributed by atoms with Gasteiger partial charge in [0.15, 0.2) is 0 Å². The van der Waals surface area contributed by atoms with Crippen molar-refractivity contribution in [2.45, 2.75) is 12.5 Å². The maximum Gasteiger partial charge on any atom is 0.409 e.